The lowest BCUT2D eigenvalue weighted by atomic mass is 9.96. The molecule has 0 amide bonds. The number of halogens is 3. The Balaban J connectivity index is 2.63. The lowest BCUT2D eigenvalue weighted by molar-refractivity contribution is -0.148. The van der Waals surface area contributed by atoms with Gasteiger partial charge in [0.2, 0.25) is 0 Å². The van der Waals surface area contributed by atoms with Crippen LogP contribution in [0.25, 0.3) is 10.8 Å². The van der Waals surface area contributed by atoms with Crippen LogP contribution in [0.15, 0.2) is 36.4 Å². The fraction of sp³-hybridized carbons (Fsp3) is 0.286. The summed E-state index contributed by atoms with van der Waals surface area (Å²) in [6.07, 6.45) is -3.64. The molecular formula is C14H14F3N. The second-order valence-corrected chi connectivity index (χ2v) is 4.28. The first-order chi connectivity index (χ1) is 8.43. The van der Waals surface area contributed by atoms with Gasteiger partial charge in [0, 0.05) is 0 Å². The van der Waals surface area contributed by atoms with Gasteiger partial charge in [-0.1, -0.05) is 43.3 Å². The van der Waals surface area contributed by atoms with Crippen LogP contribution in [0.5, 0.6) is 0 Å². The average Bonchev–Trinajstić information content (AvgIpc) is 2.35. The predicted molar refractivity (Wildman–Crippen MR) is 66.3 cm³/mol. The Morgan fingerprint density at radius 2 is 1.89 bits per heavy atom. The molecule has 0 bridgehead atoms. The highest BCUT2D eigenvalue weighted by Crippen LogP contribution is 2.34. The summed E-state index contributed by atoms with van der Waals surface area (Å²) in [5, 5.41) is 1.37. The molecule has 0 heterocycles. The van der Waals surface area contributed by atoms with Crippen LogP contribution in [0.3, 0.4) is 0 Å². The van der Waals surface area contributed by atoms with Crippen molar-refractivity contribution in [3.05, 3.63) is 47.5 Å². The number of aryl methyl sites for hydroxylation is 1. The van der Waals surface area contributed by atoms with Crippen LogP contribution in [0.1, 0.15) is 24.1 Å². The molecule has 0 aliphatic carbocycles. The van der Waals surface area contributed by atoms with E-state index >= 15 is 0 Å². The standard InChI is InChI=1S/C14H14F3N/c1-2-9-6-7-10-4-3-5-11(12(10)8-9)13(18)14(15,16)17/h3-8,13H,2,18H2,1H3/t13-/m0/s1. The van der Waals surface area contributed by atoms with Crippen LogP contribution < -0.4 is 5.73 Å². The molecule has 0 unspecified atom stereocenters. The Bertz CT molecular complexity index is 560. The molecule has 0 aliphatic rings. The Kier molecular flexibility index (Phi) is 3.30. The first kappa shape index (κ1) is 12.9. The van der Waals surface area contributed by atoms with Gasteiger partial charge in [-0.2, -0.15) is 13.2 Å². The van der Waals surface area contributed by atoms with Crippen LogP contribution in [0.4, 0.5) is 13.2 Å². The minimum absolute atomic E-state index is 0.135. The summed E-state index contributed by atoms with van der Waals surface area (Å²) in [6, 6.07) is 8.45. The third-order valence-electron chi connectivity index (χ3n) is 3.08. The van der Waals surface area contributed by atoms with E-state index in [9.17, 15) is 13.2 Å². The summed E-state index contributed by atoms with van der Waals surface area (Å²) >= 11 is 0. The minimum Gasteiger partial charge on any atom is -0.316 e. The smallest absolute Gasteiger partial charge is 0.316 e. The normalized spacial score (nSPS) is 13.8. The number of nitrogens with two attached hydrogens (primary N) is 1. The van der Waals surface area contributed by atoms with Crippen molar-refractivity contribution in [2.45, 2.75) is 25.6 Å². The fourth-order valence-corrected chi connectivity index (χ4v) is 2.01. The van der Waals surface area contributed by atoms with Crippen molar-refractivity contribution in [3.63, 3.8) is 0 Å². The molecule has 18 heavy (non-hydrogen) atoms. The highest BCUT2D eigenvalue weighted by Gasteiger charge is 2.38. The van der Waals surface area contributed by atoms with Gasteiger partial charge in [-0.15, -0.1) is 0 Å². The van der Waals surface area contributed by atoms with Gasteiger partial charge in [0.15, 0.2) is 0 Å². The van der Waals surface area contributed by atoms with E-state index in [-0.39, 0.29) is 5.56 Å². The van der Waals surface area contributed by atoms with E-state index in [1.165, 1.54) is 6.07 Å². The monoisotopic (exact) mass is 253 g/mol. The van der Waals surface area contributed by atoms with Crippen LogP contribution in [0, 0.1) is 0 Å². The highest BCUT2D eigenvalue weighted by molar-refractivity contribution is 5.86. The topological polar surface area (TPSA) is 26.0 Å². The van der Waals surface area contributed by atoms with Gasteiger partial charge < -0.3 is 5.73 Å². The van der Waals surface area contributed by atoms with Crippen LogP contribution in [-0.4, -0.2) is 6.18 Å². The summed E-state index contributed by atoms with van der Waals surface area (Å²) in [7, 11) is 0. The Labute approximate surface area is 103 Å². The summed E-state index contributed by atoms with van der Waals surface area (Å²) in [4.78, 5) is 0. The molecule has 4 heteroatoms. The first-order valence-electron chi connectivity index (χ1n) is 5.77. The van der Waals surface area contributed by atoms with E-state index in [2.05, 4.69) is 0 Å². The lowest BCUT2D eigenvalue weighted by Crippen LogP contribution is -2.28. The van der Waals surface area contributed by atoms with Crippen molar-refractivity contribution in [2.75, 3.05) is 0 Å². The number of fused-ring (bicyclic) bond motifs is 1. The molecule has 1 nitrogen and oxygen atoms in total. The van der Waals surface area contributed by atoms with E-state index in [1.807, 2.05) is 19.1 Å². The number of hydrogen-bond donors (Lipinski definition) is 1. The van der Waals surface area contributed by atoms with Crippen molar-refractivity contribution in [2.24, 2.45) is 5.73 Å². The molecule has 0 saturated carbocycles. The summed E-state index contributed by atoms with van der Waals surface area (Å²) in [5.41, 5.74) is 6.44. The van der Waals surface area contributed by atoms with E-state index in [0.717, 1.165) is 17.4 Å². The maximum atomic E-state index is 12.7. The summed E-state index contributed by atoms with van der Waals surface area (Å²) < 4.78 is 38.2. The van der Waals surface area contributed by atoms with Crippen LogP contribution in [0.2, 0.25) is 0 Å². The molecule has 0 fully saturated rings. The Morgan fingerprint density at radius 3 is 2.50 bits per heavy atom. The van der Waals surface area contributed by atoms with Crippen LogP contribution >= 0.6 is 0 Å². The first-order valence-corrected chi connectivity index (χ1v) is 5.77. The number of alkyl halides is 3. The molecule has 0 spiro atoms. The zero-order valence-corrected chi connectivity index (χ0v) is 9.96. The summed E-state index contributed by atoms with van der Waals surface area (Å²) in [5.74, 6) is 0. The molecule has 0 saturated heterocycles. The van der Waals surface area contributed by atoms with Crippen molar-refractivity contribution >= 4 is 10.8 Å². The maximum Gasteiger partial charge on any atom is 0.407 e. The van der Waals surface area contributed by atoms with Gasteiger partial charge in [-0.25, -0.2) is 0 Å². The molecule has 2 aromatic rings. The van der Waals surface area contributed by atoms with E-state index in [1.54, 1.807) is 18.2 Å². The third kappa shape index (κ3) is 2.34. The van der Waals surface area contributed by atoms with Crippen molar-refractivity contribution in [1.29, 1.82) is 0 Å². The maximum absolute atomic E-state index is 12.7. The number of benzene rings is 2. The van der Waals surface area contributed by atoms with Gasteiger partial charge >= 0.3 is 6.18 Å². The van der Waals surface area contributed by atoms with Gasteiger partial charge in [0.1, 0.15) is 6.04 Å². The predicted octanol–water partition coefficient (Wildman–Crippen LogP) is 3.96. The zero-order valence-electron chi connectivity index (χ0n) is 9.96. The second-order valence-electron chi connectivity index (χ2n) is 4.28. The largest absolute Gasteiger partial charge is 0.407 e. The number of rotatable bonds is 2. The molecule has 0 aromatic heterocycles. The Hall–Kier alpha value is -1.55. The molecule has 96 valence electrons. The molecular weight excluding hydrogens is 239 g/mol. The molecule has 0 radical (unpaired) electrons. The second kappa shape index (κ2) is 4.61. The fourth-order valence-electron chi connectivity index (χ4n) is 2.01. The molecule has 1 atom stereocenters. The van der Waals surface area contributed by atoms with Crippen molar-refractivity contribution < 1.29 is 13.2 Å². The molecule has 2 N–H and O–H groups in total. The minimum atomic E-state index is -4.42. The molecule has 2 rings (SSSR count). The molecule has 0 aliphatic heterocycles. The van der Waals surface area contributed by atoms with Crippen molar-refractivity contribution in [1.82, 2.24) is 0 Å². The van der Waals surface area contributed by atoms with Crippen molar-refractivity contribution in [3.8, 4) is 0 Å². The van der Waals surface area contributed by atoms with Gasteiger partial charge in [0.25, 0.3) is 0 Å². The van der Waals surface area contributed by atoms with E-state index < -0.39 is 12.2 Å². The Morgan fingerprint density at radius 1 is 1.17 bits per heavy atom. The molecule has 2 aromatic carbocycles. The van der Waals surface area contributed by atoms with Gasteiger partial charge in [-0.05, 0) is 28.3 Å². The number of hydrogen-bond acceptors (Lipinski definition) is 1. The zero-order chi connectivity index (χ0) is 13.3. The summed E-state index contributed by atoms with van der Waals surface area (Å²) in [6.45, 7) is 1.97. The average molecular weight is 253 g/mol. The third-order valence-corrected chi connectivity index (χ3v) is 3.08. The van der Waals surface area contributed by atoms with E-state index in [0.29, 0.717) is 5.39 Å². The lowest BCUT2D eigenvalue weighted by Gasteiger charge is -2.18. The highest BCUT2D eigenvalue weighted by atomic mass is 19.4. The quantitative estimate of drug-likeness (QED) is 0.861. The van der Waals surface area contributed by atoms with Gasteiger partial charge in [-0.3, -0.25) is 0 Å². The SMILES string of the molecule is CCc1ccc2cccc([C@H](N)C(F)(F)F)c2c1. The van der Waals surface area contributed by atoms with Gasteiger partial charge in [0.05, 0.1) is 0 Å². The van der Waals surface area contributed by atoms with Crippen LogP contribution in [-0.2, 0) is 6.42 Å². The van der Waals surface area contributed by atoms with E-state index in [4.69, 9.17) is 5.73 Å².